The summed E-state index contributed by atoms with van der Waals surface area (Å²) in [5.74, 6) is 0.481. The van der Waals surface area contributed by atoms with Crippen molar-refractivity contribution in [2.75, 3.05) is 31.1 Å². The number of fused-ring (bicyclic) bond motifs is 1. The average molecular weight is 310 g/mol. The van der Waals surface area contributed by atoms with Crippen LogP contribution in [0.1, 0.15) is 12.0 Å². The van der Waals surface area contributed by atoms with E-state index in [0.717, 1.165) is 30.8 Å². The summed E-state index contributed by atoms with van der Waals surface area (Å²) in [5, 5.41) is 6.08. The SMILES string of the molecule is Cl.O=C(CN1C(=O)CCc2ccccc21)NCC1CNC1. The van der Waals surface area contributed by atoms with E-state index in [9.17, 15) is 9.59 Å². The van der Waals surface area contributed by atoms with Gasteiger partial charge in [0, 0.05) is 37.7 Å². The highest BCUT2D eigenvalue weighted by molar-refractivity contribution is 6.00. The van der Waals surface area contributed by atoms with Crippen molar-refractivity contribution in [1.82, 2.24) is 10.6 Å². The van der Waals surface area contributed by atoms with Crippen LogP contribution in [-0.2, 0) is 16.0 Å². The molecule has 0 aliphatic carbocycles. The van der Waals surface area contributed by atoms with Gasteiger partial charge in [0.1, 0.15) is 6.54 Å². The molecule has 2 aliphatic heterocycles. The number of rotatable bonds is 4. The smallest absolute Gasteiger partial charge is 0.240 e. The maximum absolute atomic E-state index is 12.0. The molecule has 5 nitrogen and oxygen atoms in total. The average Bonchev–Trinajstić information content (AvgIpc) is 2.40. The second kappa shape index (κ2) is 6.91. The van der Waals surface area contributed by atoms with E-state index in [2.05, 4.69) is 10.6 Å². The number of nitrogens with zero attached hydrogens (tertiary/aromatic N) is 1. The van der Waals surface area contributed by atoms with Crippen molar-refractivity contribution in [2.45, 2.75) is 12.8 Å². The molecule has 6 heteroatoms. The predicted molar refractivity (Wildman–Crippen MR) is 83.7 cm³/mol. The van der Waals surface area contributed by atoms with Crippen LogP contribution in [0.3, 0.4) is 0 Å². The molecule has 114 valence electrons. The van der Waals surface area contributed by atoms with Crippen molar-refractivity contribution in [3.63, 3.8) is 0 Å². The molecule has 0 radical (unpaired) electrons. The number of aryl methyl sites for hydroxylation is 1. The summed E-state index contributed by atoms with van der Waals surface area (Å²) in [7, 11) is 0. The monoisotopic (exact) mass is 309 g/mol. The van der Waals surface area contributed by atoms with Crippen LogP contribution in [0.25, 0.3) is 0 Å². The fourth-order valence-corrected chi connectivity index (χ4v) is 2.62. The van der Waals surface area contributed by atoms with Gasteiger partial charge in [-0.25, -0.2) is 0 Å². The molecule has 0 aromatic heterocycles. The van der Waals surface area contributed by atoms with Gasteiger partial charge in [0.25, 0.3) is 0 Å². The van der Waals surface area contributed by atoms with E-state index in [1.54, 1.807) is 4.90 Å². The Kier molecular flexibility index (Phi) is 5.20. The number of carbonyl (C=O) groups excluding carboxylic acids is 2. The molecule has 1 aromatic carbocycles. The number of hydrogen-bond acceptors (Lipinski definition) is 3. The molecule has 1 aromatic rings. The van der Waals surface area contributed by atoms with E-state index >= 15 is 0 Å². The summed E-state index contributed by atoms with van der Waals surface area (Å²) in [6.07, 6.45) is 1.25. The molecule has 2 heterocycles. The molecular formula is C15H20ClN3O2. The van der Waals surface area contributed by atoms with Gasteiger partial charge in [-0.3, -0.25) is 9.59 Å². The second-order valence-corrected chi connectivity index (χ2v) is 5.44. The molecule has 0 atom stereocenters. The molecule has 2 N–H and O–H groups in total. The van der Waals surface area contributed by atoms with Gasteiger partial charge in [-0.2, -0.15) is 0 Å². The van der Waals surface area contributed by atoms with Gasteiger partial charge < -0.3 is 15.5 Å². The summed E-state index contributed by atoms with van der Waals surface area (Å²) < 4.78 is 0. The minimum atomic E-state index is -0.0815. The first-order valence-electron chi connectivity index (χ1n) is 7.10. The lowest BCUT2D eigenvalue weighted by atomic mass is 10.0. The van der Waals surface area contributed by atoms with Gasteiger partial charge in [-0.15, -0.1) is 12.4 Å². The van der Waals surface area contributed by atoms with Crippen LogP contribution in [0.4, 0.5) is 5.69 Å². The number of anilines is 1. The number of hydrogen-bond donors (Lipinski definition) is 2. The zero-order valence-corrected chi connectivity index (χ0v) is 12.6. The lowest BCUT2D eigenvalue weighted by molar-refractivity contribution is -0.124. The molecule has 1 fully saturated rings. The molecule has 2 amide bonds. The summed E-state index contributed by atoms with van der Waals surface area (Å²) in [4.78, 5) is 25.6. The third-order valence-corrected chi connectivity index (χ3v) is 3.95. The Morgan fingerprint density at radius 1 is 1.29 bits per heavy atom. The lowest BCUT2D eigenvalue weighted by Crippen LogP contribution is -2.50. The van der Waals surface area contributed by atoms with Gasteiger partial charge in [-0.05, 0) is 18.1 Å². The van der Waals surface area contributed by atoms with Crippen LogP contribution in [0.2, 0.25) is 0 Å². The number of amides is 2. The Hall–Kier alpha value is -1.59. The van der Waals surface area contributed by atoms with Gasteiger partial charge in [0.05, 0.1) is 0 Å². The van der Waals surface area contributed by atoms with E-state index in [4.69, 9.17) is 0 Å². The van der Waals surface area contributed by atoms with Crippen LogP contribution in [0.5, 0.6) is 0 Å². The molecule has 0 saturated carbocycles. The first-order valence-corrected chi connectivity index (χ1v) is 7.10. The maximum atomic E-state index is 12.0. The molecule has 0 unspecified atom stereocenters. The highest BCUT2D eigenvalue weighted by Crippen LogP contribution is 2.26. The minimum Gasteiger partial charge on any atom is -0.354 e. The summed E-state index contributed by atoms with van der Waals surface area (Å²) in [5.41, 5.74) is 2.02. The zero-order valence-electron chi connectivity index (χ0n) is 11.8. The number of benzene rings is 1. The molecule has 21 heavy (non-hydrogen) atoms. The van der Waals surface area contributed by atoms with E-state index < -0.39 is 0 Å². The van der Waals surface area contributed by atoms with Crippen molar-refractivity contribution in [3.8, 4) is 0 Å². The Morgan fingerprint density at radius 3 is 2.76 bits per heavy atom. The fourth-order valence-electron chi connectivity index (χ4n) is 2.62. The summed E-state index contributed by atoms with van der Waals surface area (Å²) >= 11 is 0. The van der Waals surface area contributed by atoms with E-state index in [1.165, 1.54) is 0 Å². The third kappa shape index (κ3) is 3.54. The minimum absolute atomic E-state index is 0. The van der Waals surface area contributed by atoms with Crippen molar-refractivity contribution < 1.29 is 9.59 Å². The molecular weight excluding hydrogens is 290 g/mol. The molecule has 2 aliphatic rings. The number of halogens is 1. The highest BCUT2D eigenvalue weighted by atomic mass is 35.5. The Bertz CT molecular complexity index is 531. The van der Waals surface area contributed by atoms with E-state index in [-0.39, 0.29) is 30.8 Å². The lowest BCUT2D eigenvalue weighted by Gasteiger charge is -2.30. The first-order chi connectivity index (χ1) is 9.74. The van der Waals surface area contributed by atoms with Crippen LogP contribution in [0, 0.1) is 5.92 Å². The first kappa shape index (κ1) is 15.8. The highest BCUT2D eigenvalue weighted by Gasteiger charge is 2.26. The Labute approximate surface area is 130 Å². The number of nitrogens with one attached hydrogen (secondary N) is 2. The van der Waals surface area contributed by atoms with Crippen molar-refractivity contribution >= 4 is 29.9 Å². The van der Waals surface area contributed by atoms with Gasteiger partial charge in [0.2, 0.25) is 11.8 Å². The van der Waals surface area contributed by atoms with E-state index in [1.807, 2.05) is 24.3 Å². The quantitative estimate of drug-likeness (QED) is 0.862. The predicted octanol–water partition coefficient (Wildman–Crippen LogP) is 0.723. The summed E-state index contributed by atoms with van der Waals surface area (Å²) in [6.45, 7) is 2.74. The van der Waals surface area contributed by atoms with Crippen LogP contribution in [0.15, 0.2) is 24.3 Å². The number of para-hydroxylation sites is 1. The molecule has 3 rings (SSSR count). The fraction of sp³-hybridized carbons (Fsp3) is 0.467. The van der Waals surface area contributed by atoms with Crippen LogP contribution >= 0.6 is 12.4 Å². The van der Waals surface area contributed by atoms with Crippen molar-refractivity contribution in [1.29, 1.82) is 0 Å². The van der Waals surface area contributed by atoms with Crippen LogP contribution < -0.4 is 15.5 Å². The maximum Gasteiger partial charge on any atom is 0.240 e. The second-order valence-electron chi connectivity index (χ2n) is 5.44. The third-order valence-electron chi connectivity index (χ3n) is 3.95. The Balaban J connectivity index is 0.00000161. The largest absolute Gasteiger partial charge is 0.354 e. The van der Waals surface area contributed by atoms with Crippen molar-refractivity contribution in [3.05, 3.63) is 29.8 Å². The normalized spacial score (nSPS) is 17.5. The summed E-state index contributed by atoms with van der Waals surface area (Å²) in [6, 6.07) is 7.81. The van der Waals surface area contributed by atoms with Crippen LogP contribution in [-0.4, -0.2) is 38.0 Å². The van der Waals surface area contributed by atoms with Gasteiger partial charge in [0.15, 0.2) is 0 Å². The topological polar surface area (TPSA) is 61.4 Å². The molecule has 0 spiro atoms. The standard InChI is InChI=1S/C15H19N3O2.ClH/c19-14(17-9-11-7-16-8-11)10-18-13-4-2-1-3-12(13)5-6-15(18)20;/h1-4,11,16H,5-10H2,(H,17,19);1H. The van der Waals surface area contributed by atoms with Gasteiger partial charge >= 0.3 is 0 Å². The molecule has 1 saturated heterocycles. The van der Waals surface area contributed by atoms with E-state index in [0.29, 0.717) is 18.9 Å². The zero-order chi connectivity index (χ0) is 13.9. The number of carbonyl (C=O) groups is 2. The van der Waals surface area contributed by atoms with Crippen molar-refractivity contribution in [2.24, 2.45) is 5.92 Å². The van der Waals surface area contributed by atoms with Gasteiger partial charge in [-0.1, -0.05) is 18.2 Å². The Morgan fingerprint density at radius 2 is 2.05 bits per heavy atom. The molecule has 0 bridgehead atoms.